The van der Waals surface area contributed by atoms with Gasteiger partial charge in [0.05, 0.1) is 0 Å². The molecule has 152 valence electrons. The average Bonchev–Trinajstić information content (AvgIpc) is 3.17. The van der Waals surface area contributed by atoms with Gasteiger partial charge in [-0.2, -0.15) is 0 Å². The molecular weight excluding hydrogens is 372 g/mol. The summed E-state index contributed by atoms with van der Waals surface area (Å²) in [7, 11) is 0. The van der Waals surface area contributed by atoms with Crippen LogP contribution in [0.25, 0.3) is 33.7 Å². The van der Waals surface area contributed by atoms with Gasteiger partial charge in [0.15, 0.2) is 5.58 Å². The molecule has 0 aliphatic carbocycles. The van der Waals surface area contributed by atoms with Crippen LogP contribution in [0.2, 0.25) is 0 Å². The Hall–Kier alpha value is -3.40. The van der Waals surface area contributed by atoms with Crippen LogP contribution in [0.5, 0.6) is 0 Å². The maximum absolute atomic E-state index is 12.7. The van der Waals surface area contributed by atoms with Gasteiger partial charge in [-0.25, -0.2) is 4.98 Å². The Balaban J connectivity index is 1.79. The summed E-state index contributed by atoms with van der Waals surface area (Å²) in [6.07, 6.45) is 0. The molecule has 4 rings (SSSR count). The molecule has 1 heterocycles. The van der Waals surface area contributed by atoms with Gasteiger partial charge >= 0.3 is 0 Å². The van der Waals surface area contributed by atoms with Crippen LogP contribution in [-0.2, 0) is 0 Å². The molecule has 0 aliphatic rings. The molecule has 3 aromatic carbocycles. The second kappa shape index (κ2) is 8.15. The lowest BCUT2D eigenvalue weighted by Crippen LogP contribution is -2.30. The number of carbonyl (C=O) groups is 1. The van der Waals surface area contributed by atoms with Gasteiger partial charge in [0, 0.05) is 24.2 Å². The van der Waals surface area contributed by atoms with Crippen LogP contribution < -0.4 is 0 Å². The van der Waals surface area contributed by atoms with E-state index in [-0.39, 0.29) is 5.91 Å². The normalized spacial score (nSPS) is 11.1. The lowest BCUT2D eigenvalue weighted by atomic mass is 9.96. The van der Waals surface area contributed by atoms with Gasteiger partial charge in [0.25, 0.3) is 5.91 Å². The number of hydrogen-bond donors (Lipinski definition) is 0. The molecule has 0 fully saturated rings. The SMILES string of the molecule is CCN(CC)C(=O)c1ccc2oc(-c3ccccc3-c3cc(C)cc(C)c3)nc2c1. The number of benzene rings is 3. The predicted octanol–water partition coefficient (Wildman–Crippen LogP) is 6.26. The number of aryl methyl sites for hydroxylation is 2. The van der Waals surface area contributed by atoms with Crippen molar-refractivity contribution in [3.8, 4) is 22.6 Å². The molecule has 1 aromatic heterocycles. The number of aromatic nitrogens is 1. The zero-order chi connectivity index (χ0) is 21.3. The minimum atomic E-state index is 0.0158. The zero-order valence-electron chi connectivity index (χ0n) is 17.9. The molecule has 0 bridgehead atoms. The molecule has 0 aliphatic heterocycles. The number of rotatable bonds is 5. The Labute approximate surface area is 177 Å². The summed E-state index contributed by atoms with van der Waals surface area (Å²) < 4.78 is 6.09. The van der Waals surface area contributed by atoms with E-state index in [4.69, 9.17) is 9.40 Å². The van der Waals surface area contributed by atoms with Crippen LogP contribution in [0.3, 0.4) is 0 Å². The van der Waals surface area contributed by atoms with Crippen molar-refractivity contribution in [3.63, 3.8) is 0 Å². The maximum Gasteiger partial charge on any atom is 0.253 e. The molecule has 4 nitrogen and oxygen atoms in total. The zero-order valence-corrected chi connectivity index (χ0v) is 17.9. The van der Waals surface area contributed by atoms with E-state index >= 15 is 0 Å². The van der Waals surface area contributed by atoms with Crippen LogP contribution in [0.15, 0.2) is 65.1 Å². The highest BCUT2D eigenvalue weighted by molar-refractivity contribution is 5.97. The van der Waals surface area contributed by atoms with Gasteiger partial charge < -0.3 is 9.32 Å². The first-order valence-electron chi connectivity index (χ1n) is 10.4. The first kappa shape index (κ1) is 19.9. The van der Waals surface area contributed by atoms with Crippen molar-refractivity contribution >= 4 is 17.0 Å². The molecule has 4 aromatic rings. The van der Waals surface area contributed by atoms with Crippen molar-refractivity contribution in [2.75, 3.05) is 13.1 Å². The Kier molecular flexibility index (Phi) is 5.40. The number of hydrogen-bond acceptors (Lipinski definition) is 3. The fourth-order valence-electron chi connectivity index (χ4n) is 3.92. The lowest BCUT2D eigenvalue weighted by Gasteiger charge is -2.18. The summed E-state index contributed by atoms with van der Waals surface area (Å²) >= 11 is 0. The van der Waals surface area contributed by atoms with Crippen LogP contribution in [0.1, 0.15) is 35.3 Å². The van der Waals surface area contributed by atoms with Crippen LogP contribution in [-0.4, -0.2) is 28.9 Å². The molecule has 4 heteroatoms. The molecule has 0 saturated carbocycles. The van der Waals surface area contributed by atoms with Gasteiger partial charge in [-0.05, 0) is 63.1 Å². The molecule has 0 atom stereocenters. The summed E-state index contributed by atoms with van der Waals surface area (Å²) in [4.78, 5) is 19.2. The Morgan fingerprint density at radius 3 is 2.23 bits per heavy atom. The highest BCUT2D eigenvalue weighted by Crippen LogP contribution is 2.34. The van der Waals surface area contributed by atoms with Gasteiger partial charge in [-0.3, -0.25) is 4.79 Å². The minimum Gasteiger partial charge on any atom is -0.436 e. The highest BCUT2D eigenvalue weighted by atomic mass is 16.3. The molecule has 0 saturated heterocycles. The van der Waals surface area contributed by atoms with Gasteiger partial charge in [-0.1, -0.05) is 47.5 Å². The molecule has 30 heavy (non-hydrogen) atoms. The topological polar surface area (TPSA) is 46.3 Å². The van der Waals surface area contributed by atoms with Crippen LogP contribution >= 0.6 is 0 Å². The van der Waals surface area contributed by atoms with Crippen molar-refractivity contribution in [2.45, 2.75) is 27.7 Å². The summed E-state index contributed by atoms with van der Waals surface area (Å²) in [6, 6.07) is 20.1. The van der Waals surface area contributed by atoms with Gasteiger partial charge in [0.2, 0.25) is 5.89 Å². The maximum atomic E-state index is 12.7. The standard InChI is InChI=1S/C26H26N2O2/c1-5-28(6-2)26(29)19-11-12-24-23(16-19)27-25(30-24)22-10-8-7-9-21(22)20-14-17(3)13-18(4)15-20/h7-16H,5-6H2,1-4H3. The Bertz CT molecular complexity index is 1200. The molecule has 0 radical (unpaired) electrons. The van der Waals surface area contributed by atoms with Crippen molar-refractivity contribution < 1.29 is 9.21 Å². The number of fused-ring (bicyclic) bond motifs is 1. The largest absolute Gasteiger partial charge is 0.436 e. The molecule has 0 spiro atoms. The van der Waals surface area contributed by atoms with Gasteiger partial charge in [-0.15, -0.1) is 0 Å². The number of carbonyl (C=O) groups excluding carboxylic acids is 1. The van der Waals surface area contributed by atoms with E-state index in [0.717, 1.165) is 16.7 Å². The first-order valence-corrected chi connectivity index (χ1v) is 10.4. The smallest absolute Gasteiger partial charge is 0.253 e. The third kappa shape index (κ3) is 3.73. The Morgan fingerprint density at radius 1 is 0.900 bits per heavy atom. The van der Waals surface area contributed by atoms with E-state index in [1.165, 1.54) is 11.1 Å². The molecule has 1 amide bonds. The van der Waals surface area contributed by atoms with Crippen LogP contribution in [0, 0.1) is 13.8 Å². The fourth-order valence-corrected chi connectivity index (χ4v) is 3.92. The third-order valence-electron chi connectivity index (χ3n) is 5.38. The second-order valence-electron chi connectivity index (χ2n) is 7.60. The van der Waals surface area contributed by atoms with Gasteiger partial charge in [0.1, 0.15) is 5.52 Å². The van der Waals surface area contributed by atoms with E-state index in [1.54, 1.807) is 4.90 Å². The third-order valence-corrected chi connectivity index (χ3v) is 5.38. The fraction of sp³-hybridized carbons (Fsp3) is 0.231. The van der Waals surface area contributed by atoms with E-state index < -0.39 is 0 Å². The predicted molar refractivity (Wildman–Crippen MR) is 122 cm³/mol. The minimum absolute atomic E-state index is 0.0158. The van der Waals surface area contributed by atoms with E-state index in [9.17, 15) is 4.79 Å². The summed E-state index contributed by atoms with van der Waals surface area (Å²) in [6.45, 7) is 9.54. The van der Waals surface area contributed by atoms with Crippen molar-refractivity contribution in [1.82, 2.24) is 9.88 Å². The summed E-state index contributed by atoms with van der Waals surface area (Å²) in [5.41, 5.74) is 7.60. The Morgan fingerprint density at radius 2 is 1.57 bits per heavy atom. The molecular formula is C26H26N2O2. The lowest BCUT2D eigenvalue weighted by molar-refractivity contribution is 0.0773. The summed E-state index contributed by atoms with van der Waals surface area (Å²) in [5, 5.41) is 0. The quantitative estimate of drug-likeness (QED) is 0.398. The van der Waals surface area contributed by atoms with Crippen molar-refractivity contribution in [1.29, 1.82) is 0 Å². The molecule has 0 unspecified atom stereocenters. The first-order chi connectivity index (χ1) is 14.5. The van der Waals surface area contributed by atoms with E-state index in [1.807, 2.05) is 50.2 Å². The average molecular weight is 399 g/mol. The highest BCUT2D eigenvalue weighted by Gasteiger charge is 2.17. The monoisotopic (exact) mass is 398 g/mol. The van der Waals surface area contributed by atoms with Crippen molar-refractivity contribution in [2.24, 2.45) is 0 Å². The van der Waals surface area contributed by atoms with Crippen molar-refractivity contribution in [3.05, 3.63) is 77.4 Å². The number of oxazole rings is 1. The van der Waals surface area contributed by atoms with E-state index in [2.05, 4.69) is 38.1 Å². The second-order valence-corrected chi connectivity index (χ2v) is 7.60. The number of amides is 1. The summed E-state index contributed by atoms with van der Waals surface area (Å²) in [5.74, 6) is 0.578. The van der Waals surface area contributed by atoms with E-state index in [0.29, 0.717) is 35.6 Å². The number of nitrogens with zero attached hydrogens (tertiary/aromatic N) is 2. The van der Waals surface area contributed by atoms with Crippen LogP contribution in [0.4, 0.5) is 0 Å². The molecule has 0 N–H and O–H groups in total.